The molecular formula is C4H4F6N2O4S2. The summed E-state index contributed by atoms with van der Waals surface area (Å²) >= 11 is 0. The highest BCUT2D eigenvalue weighted by atomic mass is 32.2. The summed E-state index contributed by atoms with van der Waals surface area (Å²) in [5.41, 5.74) is -11.7. The largest absolute Gasteiger partial charge is 0.516 e. The minimum Gasteiger partial charge on any atom is -0.261 e. The predicted molar refractivity (Wildman–Crippen MR) is 45.4 cm³/mol. The number of sulfonamides is 2. The van der Waals surface area contributed by atoms with E-state index < -0.39 is 36.9 Å². The molecule has 108 valence electrons. The van der Waals surface area contributed by atoms with Crippen molar-refractivity contribution in [3.8, 4) is 0 Å². The maximum atomic E-state index is 11.8. The second kappa shape index (κ2) is 4.49. The van der Waals surface area contributed by atoms with Crippen molar-refractivity contribution in [2.24, 2.45) is 0 Å². The van der Waals surface area contributed by atoms with Gasteiger partial charge < -0.3 is 0 Å². The van der Waals surface area contributed by atoms with E-state index in [1.165, 1.54) is 0 Å². The Balaban J connectivity index is 4.98. The Morgan fingerprint density at radius 3 is 1.17 bits per heavy atom. The third-order valence-electron chi connectivity index (χ3n) is 1.12. The van der Waals surface area contributed by atoms with E-state index in [4.69, 9.17) is 0 Å². The summed E-state index contributed by atoms with van der Waals surface area (Å²) in [7, 11) is -12.1. The summed E-state index contributed by atoms with van der Waals surface area (Å²) in [6.45, 7) is 2.37. The standard InChI is InChI=1S/C4H4F6N2O4S2/c1-2(11-17(13,14)3(5,6)7)12-18(15,16)4(8,9)10/h11-12H,1H2. The SMILES string of the molecule is C=C(NS(=O)(=O)C(F)(F)F)NS(=O)(=O)C(F)(F)F. The highest BCUT2D eigenvalue weighted by Gasteiger charge is 2.49. The Bertz CT molecular complexity index is 481. The van der Waals surface area contributed by atoms with Gasteiger partial charge in [0.25, 0.3) is 0 Å². The molecule has 0 aliphatic heterocycles. The molecule has 2 N–H and O–H groups in total. The molecule has 18 heavy (non-hydrogen) atoms. The van der Waals surface area contributed by atoms with Crippen LogP contribution >= 0.6 is 0 Å². The molecular weight excluding hydrogens is 318 g/mol. The molecule has 0 aromatic rings. The molecule has 0 aromatic heterocycles. The molecule has 0 aliphatic rings. The Kier molecular flexibility index (Phi) is 4.20. The van der Waals surface area contributed by atoms with Gasteiger partial charge in [-0.15, -0.1) is 0 Å². The Hall–Kier alpha value is -1.18. The van der Waals surface area contributed by atoms with Crippen LogP contribution < -0.4 is 9.44 Å². The average Bonchev–Trinajstić information content (AvgIpc) is 1.95. The molecule has 0 rings (SSSR count). The normalized spacial score (nSPS) is 14.1. The molecule has 0 heterocycles. The second-order valence-electron chi connectivity index (χ2n) is 2.58. The van der Waals surface area contributed by atoms with Crippen LogP contribution in [0.4, 0.5) is 26.3 Å². The minimum absolute atomic E-state index is 0.487. The van der Waals surface area contributed by atoms with Crippen molar-refractivity contribution in [2.75, 3.05) is 0 Å². The molecule has 6 nitrogen and oxygen atoms in total. The van der Waals surface area contributed by atoms with Gasteiger partial charge in [-0.2, -0.15) is 43.2 Å². The second-order valence-corrected chi connectivity index (χ2v) is 5.93. The van der Waals surface area contributed by atoms with Gasteiger partial charge in [-0.25, -0.2) is 0 Å². The highest BCUT2D eigenvalue weighted by Crippen LogP contribution is 2.24. The lowest BCUT2D eigenvalue weighted by Gasteiger charge is -2.15. The third-order valence-corrected chi connectivity index (χ3v) is 3.37. The van der Waals surface area contributed by atoms with Crippen LogP contribution in [0.25, 0.3) is 0 Å². The van der Waals surface area contributed by atoms with Gasteiger partial charge >= 0.3 is 31.1 Å². The van der Waals surface area contributed by atoms with Crippen molar-refractivity contribution in [1.29, 1.82) is 0 Å². The molecule has 0 spiro atoms. The summed E-state index contributed by atoms with van der Waals surface area (Å²) in [6.07, 6.45) is 0. The molecule has 0 amide bonds. The Morgan fingerprint density at radius 1 is 0.778 bits per heavy atom. The van der Waals surface area contributed by atoms with Crippen LogP contribution in [0.3, 0.4) is 0 Å². The van der Waals surface area contributed by atoms with Crippen molar-refractivity contribution >= 4 is 20.0 Å². The molecule has 0 aromatic carbocycles. The molecule has 14 heteroatoms. The van der Waals surface area contributed by atoms with Gasteiger partial charge in [0, 0.05) is 0 Å². The zero-order valence-electron chi connectivity index (χ0n) is 7.92. The summed E-state index contributed by atoms with van der Waals surface area (Å²) in [6, 6.07) is 0. The lowest BCUT2D eigenvalue weighted by Crippen LogP contribution is -2.44. The van der Waals surface area contributed by atoms with E-state index >= 15 is 0 Å². The van der Waals surface area contributed by atoms with Crippen LogP contribution in [-0.2, 0) is 20.0 Å². The Labute approximate surface area is 96.8 Å². The van der Waals surface area contributed by atoms with E-state index in [1.807, 2.05) is 0 Å². The first kappa shape index (κ1) is 16.8. The van der Waals surface area contributed by atoms with Crippen LogP contribution in [0.15, 0.2) is 12.4 Å². The quantitative estimate of drug-likeness (QED) is 0.730. The molecule has 0 saturated heterocycles. The molecule has 0 radical (unpaired) electrons. The lowest BCUT2D eigenvalue weighted by molar-refractivity contribution is -0.0447. The predicted octanol–water partition coefficient (Wildman–Crippen LogP) is 0.336. The third kappa shape index (κ3) is 3.94. The van der Waals surface area contributed by atoms with E-state index in [0.717, 1.165) is 0 Å². The lowest BCUT2D eigenvalue weighted by atomic mass is 10.9. The number of alkyl halides is 6. The van der Waals surface area contributed by atoms with Gasteiger partial charge in [0.1, 0.15) is 5.82 Å². The van der Waals surface area contributed by atoms with Crippen molar-refractivity contribution in [3.63, 3.8) is 0 Å². The van der Waals surface area contributed by atoms with Crippen LogP contribution in [-0.4, -0.2) is 27.9 Å². The first-order valence-electron chi connectivity index (χ1n) is 3.47. The first-order valence-corrected chi connectivity index (χ1v) is 6.44. The number of nitrogens with one attached hydrogen (secondary N) is 2. The Morgan fingerprint density at radius 2 is 1.00 bits per heavy atom. The molecule has 0 atom stereocenters. The van der Waals surface area contributed by atoms with Gasteiger partial charge in [0.15, 0.2) is 0 Å². The first-order chi connectivity index (χ1) is 7.60. The van der Waals surface area contributed by atoms with E-state index in [0.29, 0.717) is 9.44 Å². The van der Waals surface area contributed by atoms with Gasteiger partial charge in [0.05, 0.1) is 0 Å². The maximum Gasteiger partial charge on any atom is 0.516 e. The van der Waals surface area contributed by atoms with Crippen molar-refractivity contribution in [2.45, 2.75) is 11.0 Å². The summed E-state index contributed by atoms with van der Waals surface area (Å²) in [5.74, 6) is -1.72. The van der Waals surface area contributed by atoms with Gasteiger partial charge in [-0.3, -0.25) is 9.44 Å². The van der Waals surface area contributed by atoms with Crippen molar-refractivity contribution < 1.29 is 43.2 Å². The van der Waals surface area contributed by atoms with Gasteiger partial charge in [-0.1, -0.05) is 6.58 Å². The van der Waals surface area contributed by atoms with Gasteiger partial charge in [0.2, 0.25) is 0 Å². The van der Waals surface area contributed by atoms with Crippen molar-refractivity contribution in [1.82, 2.24) is 9.44 Å². The van der Waals surface area contributed by atoms with E-state index in [9.17, 15) is 43.2 Å². The smallest absolute Gasteiger partial charge is 0.261 e. The minimum atomic E-state index is -6.06. The molecule has 0 bridgehead atoms. The van der Waals surface area contributed by atoms with Crippen LogP contribution in [0.1, 0.15) is 0 Å². The molecule has 0 fully saturated rings. The topological polar surface area (TPSA) is 92.3 Å². The highest BCUT2D eigenvalue weighted by molar-refractivity contribution is 7.91. The van der Waals surface area contributed by atoms with Crippen LogP contribution in [0, 0.1) is 0 Å². The fraction of sp³-hybridized carbons (Fsp3) is 0.500. The summed E-state index contributed by atoms with van der Waals surface area (Å²) < 4.78 is 113. The molecule has 0 saturated carbocycles. The molecule has 0 unspecified atom stereocenters. The van der Waals surface area contributed by atoms with Crippen LogP contribution in [0.2, 0.25) is 0 Å². The van der Waals surface area contributed by atoms with Gasteiger partial charge in [-0.05, 0) is 0 Å². The number of hydrogen-bond acceptors (Lipinski definition) is 4. The van der Waals surface area contributed by atoms with E-state index in [1.54, 1.807) is 0 Å². The zero-order chi connectivity index (χ0) is 15.0. The number of halogens is 6. The fourth-order valence-electron chi connectivity index (χ4n) is 0.461. The van der Waals surface area contributed by atoms with E-state index in [2.05, 4.69) is 6.58 Å². The summed E-state index contributed by atoms with van der Waals surface area (Å²) in [4.78, 5) is 0. The number of rotatable bonds is 4. The monoisotopic (exact) mass is 322 g/mol. The maximum absolute atomic E-state index is 11.8. The zero-order valence-corrected chi connectivity index (χ0v) is 9.56. The molecule has 0 aliphatic carbocycles. The summed E-state index contributed by atoms with van der Waals surface area (Å²) in [5, 5.41) is 0. The average molecular weight is 322 g/mol. The van der Waals surface area contributed by atoms with Crippen LogP contribution in [0.5, 0.6) is 0 Å². The fourth-order valence-corrected chi connectivity index (χ4v) is 1.51. The van der Waals surface area contributed by atoms with E-state index in [-0.39, 0.29) is 0 Å². The number of hydrogen-bond donors (Lipinski definition) is 2. The van der Waals surface area contributed by atoms with Crippen molar-refractivity contribution in [3.05, 3.63) is 12.4 Å².